The van der Waals surface area contributed by atoms with Gasteiger partial charge in [0.25, 0.3) is 0 Å². The molecular formula is C48H28O30. The number of aliphatic hydroxyl groups is 1. The van der Waals surface area contributed by atoms with Crippen LogP contribution >= 0.6 is 0 Å². The maximum atomic E-state index is 14.9. The molecule has 30 nitrogen and oxygen atoms in total. The highest BCUT2D eigenvalue weighted by Crippen LogP contribution is 2.59. The smallest absolute Gasteiger partial charge is 0.345 e. The molecule has 0 fully saturated rings. The third-order valence-corrected chi connectivity index (χ3v) is 12.8. The molecule has 4 atom stereocenters. The molecule has 0 spiro atoms. The first kappa shape index (κ1) is 50.1. The molecule has 78 heavy (non-hydrogen) atoms. The second-order valence-corrected chi connectivity index (χ2v) is 17.1. The van der Waals surface area contributed by atoms with E-state index in [4.69, 9.17) is 27.8 Å². The molecule has 2 aliphatic rings. The van der Waals surface area contributed by atoms with Gasteiger partial charge in [-0.15, -0.1) is 0 Å². The summed E-state index contributed by atoms with van der Waals surface area (Å²) in [6.45, 7) is -1.69. The zero-order valence-electron chi connectivity index (χ0n) is 37.8. The zero-order chi connectivity index (χ0) is 56.7. The molecule has 0 radical (unpaired) electrons. The minimum absolute atomic E-state index is 0.219. The van der Waals surface area contributed by atoms with Crippen molar-refractivity contribution in [3.05, 3.63) is 67.4 Å². The van der Waals surface area contributed by atoms with Gasteiger partial charge in [0, 0.05) is 44.2 Å². The Morgan fingerprint density at radius 1 is 0.372 bits per heavy atom. The topological polar surface area (TPSA) is 527 Å². The molecule has 0 unspecified atom stereocenters. The SMILES string of the molecule is O=C[C@H]1OC(=O)c2cc(O)c(O)c(O)c2-c2c(cc(O)c(O)c2O)C(=O)O[C@@H]1[C@H]1OC(=O)c2cc(O)c(O)c(O)c2-c2c(O)c(O)c3oc(=O)c4c(c(O)c(O)c5oc(=O)c2c3c54)-c2c(cc(O)c(O)c2O)C(=O)OC[C@H]1O. The van der Waals surface area contributed by atoms with Crippen molar-refractivity contribution in [1.82, 2.24) is 0 Å². The Morgan fingerprint density at radius 2 is 0.679 bits per heavy atom. The Kier molecular flexibility index (Phi) is 11.0. The van der Waals surface area contributed by atoms with E-state index < -0.39 is 246 Å². The summed E-state index contributed by atoms with van der Waals surface area (Å²) < 4.78 is 32.1. The van der Waals surface area contributed by atoms with Gasteiger partial charge in [0.2, 0.25) is 34.5 Å². The molecule has 10 rings (SSSR count). The molecule has 2 aromatic heterocycles. The number of benzene rings is 6. The second-order valence-electron chi connectivity index (χ2n) is 17.1. The van der Waals surface area contributed by atoms with Crippen molar-refractivity contribution in [2.24, 2.45) is 0 Å². The van der Waals surface area contributed by atoms with Crippen LogP contribution in [0.5, 0.6) is 92.0 Å². The van der Waals surface area contributed by atoms with Crippen molar-refractivity contribution in [1.29, 1.82) is 0 Å². The molecule has 0 saturated heterocycles. The first-order chi connectivity index (χ1) is 36.7. The summed E-state index contributed by atoms with van der Waals surface area (Å²) in [4.78, 5) is 99.2. The highest BCUT2D eigenvalue weighted by Gasteiger charge is 2.47. The quantitative estimate of drug-likeness (QED) is 0.0293. The lowest BCUT2D eigenvalue weighted by Gasteiger charge is -2.33. The minimum Gasteiger partial charge on any atom is -0.504 e. The van der Waals surface area contributed by atoms with Crippen LogP contribution in [-0.4, -0.2) is 148 Å². The number of aliphatic hydroxyl groups excluding tert-OH is 1. The molecule has 0 amide bonds. The maximum absolute atomic E-state index is 14.9. The Labute approximate surface area is 424 Å². The average molecular weight is 1080 g/mol. The lowest BCUT2D eigenvalue weighted by molar-refractivity contribution is -0.142. The summed E-state index contributed by atoms with van der Waals surface area (Å²) in [6, 6.07) is 1.16. The average Bonchev–Trinajstić information content (AvgIpc) is 3.10. The van der Waals surface area contributed by atoms with Crippen LogP contribution in [0.4, 0.5) is 0 Å². The highest BCUT2D eigenvalue weighted by atomic mass is 16.6. The summed E-state index contributed by atoms with van der Waals surface area (Å²) in [7, 11) is 0. The summed E-state index contributed by atoms with van der Waals surface area (Å²) in [5.41, 5.74) is -18.6. The van der Waals surface area contributed by atoms with Gasteiger partial charge in [-0.05, 0) is 24.3 Å². The molecule has 30 heteroatoms. The zero-order valence-corrected chi connectivity index (χ0v) is 37.8. The van der Waals surface area contributed by atoms with Crippen LogP contribution in [0.2, 0.25) is 0 Å². The van der Waals surface area contributed by atoms with Gasteiger partial charge in [0.05, 0.1) is 33.0 Å². The van der Waals surface area contributed by atoms with Gasteiger partial charge in [-0.1, -0.05) is 0 Å². The van der Waals surface area contributed by atoms with Crippen LogP contribution in [0.3, 0.4) is 0 Å². The minimum atomic E-state index is -2.98. The van der Waals surface area contributed by atoms with Gasteiger partial charge in [-0.2, -0.15) is 0 Å². The molecule has 0 aliphatic carbocycles. The molecule has 400 valence electrons. The Morgan fingerprint density at radius 3 is 1.04 bits per heavy atom. The second kappa shape index (κ2) is 17.1. The van der Waals surface area contributed by atoms with Crippen molar-refractivity contribution in [3.8, 4) is 125 Å². The van der Waals surface area contributed by atoms with Crippen LogP contribution < -0.4 is 11.3 Å². The maximum Gasteiger partial charge on any atom is 0.345 e. The number of aromatic hydroxyl groups is 16. The fourth-order valence-corrected chi connectivity index (χ4v) is 9.25. The Hall–Kier alpha value is -11.4. The lowest BCUT2D eigenvalue weighted by Crippen LogP contribution is -2.53. The number of phenols is 16. The number of ether oxygens (including phenoxy) is 4. The normalized spacial score (nSPS) is 17.7. The molecule has 6 aromatic carbocycles. The monoisotopic (exact) mass is 1080 g/mol. The van der Waals surface area contributed by atoms with Gasteiger partial charge >= 0.3 is 35.1 Å². The van der Waals surface area contributed by atoms with E-state index in [1.54, 1.807) is 0 Å². The number of cyclic esters (lactones) is 4. The van der Waals surface area contributed by atoms with Gasteiger partial charge < -0.3 is 115 Å². The highest BCUT2D eigenvalue weighted by molar-refractivity contribution is 6.29. The number of hydrogen-bond donors (Lipinski definition) is 17. The molecule has 8 aromatic rings. The van der Waals surface area contributed by atoms with Crippen LogP contribution in [0.25, 0.3) is 66.1 Å². The molecule has 0 saturated carbocycles. The molecular weight excluding hydrogens is 1060 g/mol. The van der Waals surface area contributed by atoms with E-state index in [9.17, 15) is 120 Å². The third-order valence-electron chi connectivity index (χ3n) is 12.8. The van der Waals surface area contributed by atoms with E-state index in [-0.39, 0.29) is 12.4 Å². The summed E-state index contributed by atoms with van der Waals surface area (Å²) >= 11 is 0. The van der Waals surface area contributed by atoms with Crippen molar-refractivity contribution in [3.63, 3.8) is 0 Å². The third kappa shape index (κ3) is 6.82. The number of hydrogen-bond acceptors (Lipinski definition) is 30. The molecule has 4 heterocycles. The summed E-state index contributed by atoms with van der Waals surface area (Å²) in [5, 5.41) is 184. The van der Waals surface area contributed by atoms with E-state index in [1.807, 2.05) is 0 Å². The first-order valence-corrected chi connectivity index (χ1v) is 21.5. The predicted octanol–water partition coefficient (Wildman–Crippen LogP) is 1.80. The van der Waals surface area contributed by atoms with Gasteiger partial charge in [0.15, 0.2) is 93.3 Å². The number of fused-ring (bicyclic) bond motifs is 7. The lowest BCUT2D eigenvalue weighted by atomic mass is 9.88. The number of aldehydes is 1. The predicted molar refractivity (Wildman–Crippen MR) is 247 cm³/mol. The molecule has 2 aliphatic heterocycles. The summed E-state index contributed by atoms with van der Waals surface area (Å²) in [6.07, 6.45) is -12.0. The van der Waals surface area contributed by atoms with Crippen molar-refractivity contribution in [2.75, 3.05) is 6.61 Å². The van der Waals surface area contributed by atoms with Crippen LogP contribution in [0.15, 0.2) is 42.7 Å². The standard InChI is InChI=1S/C48H28O30/c49-5-16-40(76-46(70)9-3-13(52)28(56)32(60)18(9)17-8(44(68)74-16)2-12(51)27(55)31(17)59)39-15(54)6-73-43(67)7-1-11(50)29(57)33(61)19(7)21-25-23-24-26(48(72)78-41(23)37(65)35(21)63)22(36(64)38(66)42(24)77-47(25)71)20-10(45(69)75-39)4-14(53)30(58)34(20)62/h1-5,15-16,39-40,50-66H,6H2/t15-,16-,39+,40+/m1/s1. The fraction of sp³-hybridized carbons (Fsp3) is 0.104. The number of phenolic OH excluding ortho intramolecular Hbond substituents is 16. The summed E-state index contributed by atoms with van der Waals surface area (Å²) in [5.74, 6) is -32.3. The molecule has 17 N–H and O–H groups in total. The van der Waals surface area contributed by atoms with Crippen LogP contribution in [0.1, 0.15) is 41.4 Å². The van der Waals surface area contributed by atoms with Crippen molar-refractivity contribution in [2.45, 2.75) is 24.4 Å². The number of carbonyl (C=O) groups excluding carboxylic acids is 5. The molecule has 6 bridgehead atoms. The fourth-order valence-electron chi connectivity index (χ4n) is 9.25. The number of esters is 4. The number of carbonyl (C=O) groups is 5. The van der Waals surface area contributed by atoms with Crippen molar-refractivity contribution < 1.29 is 139 Å². The van der Waals surface area contributed by atoms with E-state index in [0.717, 1.165) is 0 Å². The van der Waals surface area contributed by atoms with E-state index in [0.29, 0.717) is 18.2 Å². The largest absolute Gasteiger partial charge is 0.504 e. The van der Waals surface area contributed by atoms with E-state index >= 15 is 0 Å². The van der Waals surface area contributed by atoms with Crippen LogP contribution in [-0.2, 0) is 23.7 Å². The first-order valence-electron chi connectivity index (χ1n) is 21.5. The number of rotatable bonds is 2. The van der Waals surface area contributed by atoms with Gasteiger partial charge in [-0.3, -0.25) is 4.79 Å². The Bertz CT molecular complexity index is 4220. The van der Waals surface area contributed by atoms with Crippen LogP contribution in [0, 0.1) is 0 Å². The van der Waals surface area contributed by atoms with Crippen molar-refractivity contribution >= 4 is 62.9 Å². The van der Waals surface area contributed by atoms with Gasteiger partial charge in [-0.25, -0.2) is 28.8 Å². The van der Waals surface area contributed by atoms with E-state index in [2.05, 4.69) is 0 Å². The Balaban J connectivity index is 1.30. The van der Waals surface area contributed by atoms with Gasteiger partial charge in [0.1, 0.15) is 12.7 Å². The van der Waals surface area contributed by atoms with E-state index in [1.165, 1.54) is 0 Å².